The van der Waals surface area contributed by atoms with Gasteiger partial charge in [-0.1, -0.05) is 34.8 Å². The summed E-state index contributed by atoms with van der Waals surface area (Å²) in [6.45, 7) is 1.41. The van der Waals surface area contributed by atoms with Gasteiger partial charge in [0.15, 0.2) is 0 Å². The molecule has 1 aromatic heterocycles. The number of carbonyl (C=O) groups is 1. The molecule has 1 unspecified atom stereocenters. The van der Waals surface area contributed by atoms with E-state index in [-0.39, 0.29) is 33.3 Å². The standard InChI is InChI=1S/C13H15Cl3N2O2/c14-9-6-17-12(11(16)10(9)15)13(20)18-4-1-2-8(7-18)3-5-19/h6,8,19H,1-5,7H2. The molecule has 0 aliphatic carbocycles. The van der Waals surface area contributed by atoms with Crippen molar-refractivity contribution in [2.45, 2.75) is 19.3 Å². The van der Waals surface area contributed by atoms with Crippen LogP contribution in [-0.2, 0) is 0 Å². The van der Waals surface area contributed by atoms with E-state index in [1.807, 2.05) is 0 Å². The van der Waals surface area contributed by atoms with E-state index in [1.165, 1.54) is 6.20 Å². The lowest BCUT2D eigenvalue weighted by molar-refractivity contribution is 0.0648. The van der Waals surface area contributed by atoms with Crippen LogP contribution in [0.4, 0.5) is 0 Å². The maximum atomic E-state index is 12.4. The van der Waals surface area contributed by atoms with Crippen molar-refractivity contribution in [3.05, 3.63) is 27.0 Å². The van der Waals surface area contributed by atoms with Crippen molar-refractivity contribution in [2.75, 3.05) is 19.7 Å². The van der Waals surface area contributed by atoms with Crippen molar-refractivity contribution in [1.82, 2.24) is 9.88 Å². The Morgan fingerprint density at radius 3 is 2.85 bits per heavy atom. The fourth-order valence-electron chi connectivity index (χ4n) is 2.41. The number of hydrogen-bond donors (Lipinski definition) is 1. The van der Waals surface area contributed by atoms with Crippen molar-refractivity contribution in [1.29, 1.82) is 0 Å². The number of likely N-dealkylation sites (tertiary alicyclic amines) is 1. The molecule has 1 aliphatic rings. The van der Waals surface area contributed by atoms with Gasteiger partial charge in [0.2, 0.25) is 0 Å². The Labute approximate surface area is 132 Å². The molecule has 2 heterocycles. The van der Waals surface area contributed by atoms with Gasteiger partial charge in [-0.3, -0.25) is 4.79 Å². The summed E-state index contributed by atoms with van der Waals surface area (Å²) < 4.78 is 0. The summed E-state index contributed by atoms with van der Waals surface area (Å²) in [7, 11) is 0. The van der Waals surface area contributed by atoms with Crippen LogP contribution in [-0.4, -0.2) is 40.6 Å². The molecule has 1 amide bonds. The maximum absolute atomic E-state index is 12.4. The largest absolute Gasteiger partial charge is 0.396 e. The molecular weight excluding hydrogens is 323 g/mol. The van der Waals surface area contributed by atoms with Gasteiger partial charge in [0.1, 0.15) is 5.69 Å². The molecule has 0 bridgehead atoms. The minimum absolute atomic E-state index is 0.0912. The number of hydrogen-bond acceptors (Lipinski definition) is 3. The number of aliphatic hydroxyl groups excluding tert-OH is 1. The molecule has 0 saturated carbocycles. The van der Waals surface area contributed by atoms with E-state index in [4.69, 9.17) is 39.9 Å². The molecule has 2 rings (SSSR count). The van der Waals surface area contributed by atoms with Gasteiger partial charge >= 0.3 is 0 Å². The first-order valence-electron chi connectivity index (χ1n) is 6.44. The molecule has 1 atom stereocenters. The minimum atomic E-state index is -0.240. The molecule has 1 saturated heterocycles. The van der Waals surface area contributed by atoms with Crippen molar-refractivity contribution in [3.63, 3.8) is 0 Å². The molecule has 1 fully saturated rings. The first-order chi connectivity index (χ1) is 9.54. The molecule has 0 aromatic carbocycles. The normalized spacial score (nSPS) is 19.2. The number of carbonyl (C=O) groups excluding carboxylic acids is 1. The molecule has 0 spiro atoms. The number of halogens is 3. The number of nitrogens with zero attached hydrogens (tertiary/aromatic N) is 2. The molecule has 110 valence electrons. The third-order valence-corrected chi connectivity index (χ3v) is 4.70. The highest BCUT2D eigenvalue weighted by atomic mass is 35.5. The third-order valence-electron chi connectivity index (χ3n) is 3.46. The van der Waals surface area contributed by atoms with E-state index < -0.39 is 0 Å². The molecular formula is C13H15Cl3N2O2. The van der Waals surface area contributed by atoms with Crippen LogP contribution in [0.25, 0.3) is 0 Å². The zero-order chi connectivity index (χ0) is 14.7. The summed E-state index contributed by atoms with van der Waals surface area (Å²) in [6, 6.07) is 0. The SMILES string of the molecule is O=C(c1ncc(Cl)c(Cl)c1Cl)N1CCCC(CCO)C1. The zero-order valence-electron chi connectivity index (χ0n) is 10.8. The lowest BCUT2D eigenvalue weighted by Gasteiger charge is -2.32. The van der Waals surface area contributed by atoms with Crippen LogP contribution in [0.2, 0.25) is 15.1 Å². The van der Waals surface area contributed by atoms with E-state index in [0.29, 0.717) is 25.4 Å². The molecule has 7 heteroatoms. The highest BCUT2D eigenvalue weighted by Crippen LogP contribution is 2.32. The molecule has 20 heavy (non-hydrogen) atoms. The van der Waals surface area contributed by atoms with Crippen LogP contribution in [0, 0.1) is 5.92 Å². The lowest BCUT2D eigenvalue weighted by Crippen LogP contribution is -2.40. The summed E-state index contributed by atoms with van der Waals surface area (Å²) in [5, 5.41) is 9.47. The Kier molecular flexibility index (Phi) is 5.49. The van der Waals surface area contributed by atoms with E-state index >= 15 is 0 Å². The monoisotopic (exact) mass is 336 g/mol. The third kappa shape index (κ3) is 3.37. The van der Waals surface area contributed by atoms with Gasteiger partial charge < -0.3 is 10.0 Å². The smallest absolute Gasteiger partial charge is 0.274 e. The first kappa shape index (κ1) is 15.8. The van der Waals surface area contributed by atoms with Crippen LogP contribution in [0.3, 0.4) is 0 Å². The van der Waals surface area contributed by atoms with Crippen molar-refractivity contribution >= 4 is 40.7 Å². The second-order valence-electron chi connectivity index (χ2n) is 4.85. The summed E-state index contributed by atoms with van der Waals surface area (Å²) in [5.41, 5.74) is 0.130. The molecule has 1 aliphatic heterocycles. The van der Waals surface area contributed by atoms with Gasteiger partial charge in [-0.2, -0.15) is 0 Å². The van der Waals surface area contributed by atoms with Crippen molar-refractivity contribution in [3.8, 4) is 0 Å². The minimum Gasteiger partial charge on any atom is -0.396 e. The summed E-state index contributed by atoms with van der Waals surface area (Å²) in [6.07, 6.45) is 3.96. The number of amides is 1. The van der Waals surface area contributed by atoms with E-state index in [0.717, 1.165) is 12.8 Å². The van der Waals surface area contributed by atoms with Crippen molar-refractivity contribution in [2.24, 2.45) is 5.92 Å². The Hall–Kier alpha value is -0.550. The van der Waals surface area contributed by atoms with Crippen LogP contribution >= 0.6 is 34.8 Å². The van der Waals surface area contributed by atoms with Crippen LogP contribution < -0.4 is 0 Å². The molecule has 4 nitrogen and oxygen atoms in total. The summed E-state index contributed by atoms with van der Waals surface area (Å²) in [5.74, 6) is 0.0791. The maximum Gasteiger partial charge on any atom is 0.274 e. The first-order valence-corrected chi connectivity index (χ1v) is 7.57. The number of aliphatic hydroxyl groups is 1. The average molecular weight is 338 g/mol. The van der Waals surface area contributed by atoms with Gasteiger partial charge in [0.25, 0.3) is 5.91 Å². The fourth-order valence-corrected chi connectivity index (χ4v) is 2.97. The predicted molar refractivity (Wildman–Crippen MR) is 79.6 cm³/mol. The Morgan fingerprint density at radius 2 is 2.15 bits per heavy atom. The number of piperidine rings is 1. The van der Waals surface area contributed by atoms with E-state index in [1.54, 1.807) is 4.90 Å². The van der Waals surface area contributed by atoms with Gasteiger partial charge in [0, 0.05) is 25.9 Å². The van der Waals surface area contributed by atoms with Crippen LogP contribution in [0.1, 0.15) is 29.8 Å². The Bertz CT molecular complexity index is 509. The highest BCUT2D eigenvalue weighted by molar-refractivity contribution is 6.48. The Balaban J connectivity index is 2.17. The van der Waals surface area contributed by atoms with Gasteiger partial charge in [-0.15, -0.1) is 0 Å². The topological polar surface area (TPSA) is 53.4 Å². The second kappa shape index (κ2) is 6.94. The van der Waals surface area contributed by atoms with Crippen LogP contribution in [0.5, 0.6) is 0 Å². The summed E-state index contributed by atoms with van der Waals surface area (Å²) in [4.78, 5) is 18.2. The number of pyridine rings is 1. The van der Waals surface area contributed by atoms with E-state index in [9.17, 15) is 4.79 Å². The van der Waals surface area contributed by atoms with Crippen LogP contribution in [0.15, 0.2) is 6.20 Å². The van der Waals surface area contributed by atoms with Gasteiger partial charge in [0.05, 0.1) is 15.1 Å². The van der Waals surface area contributed by atoms with Gasteiger partial charge in [-0.25, -0.2) is 4.98 Å². The summed E-state index contributed by atoms with van der Waals surface area (Å²) >= 11 is 17.8. The average Bonchev–Trinajstić information content (AvgIpc) is 2.45. The molecule has 1 aromatic rings. The van der Waals surface area contributed by atoms with E-state index in [2.05, 4.69) is 4.98 Å². The Morgan fingerprint density at radius 1 is 1.40 bits per heavy atom. The fraction of sp³-hybridized carbons (Fsp3) is 0.538. The number of aromatic nitrogens is 1. The molecule has 1 N–H and O–H groups in total. The zero-order valence-corrected chi connectivity index (χ0v) is 13.0. The predicted octanol–water partition coefficient (Wildman–Crippen LogP) is 3.28. The highest BCUT2D eigenvalue weighted by Gasteiger charge is 2.27. The van der Waals surface area contributed by atoms with Crippen molar-refractivity contribution < 1.29 is 9.90 Å². The van der Waals surface area contributed by atoms with Gasteiger partial charge in [-0.05, 0) is 25.2 Å². The number of rotatable bonds is 3. The lowest BCUT2D eigenvalue weighted by atomic mass is 9.95. The quantitative estimate of drug-likeness (QED) is 0.921. The molecule has 0 radical (unpaired) electrons. The second-order valence-corrected chi connectivity index (χ2v) is 6.02.